The maximum atomic E-state index is 13.5. The molecule has 154 valence electrons. The Kier molecular flexibility index (Phi) is 5.03. The van der Waals surface area contributed by atoms with Gasteiger partial charge in [-0.15, -0.1) is 0 Å². The standard InChI is InChI=1S/C19H20F3N5O2/c1-29-16-7-12(4-5-15(16)28)9-26-6-2-3-13(10-26)14-8-17(19(20,21)22)27-18(25-14)23-11-24-27/h4-5,7-8,11,13,28H,2-3,6,9-10H2,1H3. The minimum absolute atomic E-state index is 0.0461. The van der Waals surface area contributed by atoms with Gasteiger partial charge in [-0.1, -0.05) is 6.07 Å². The minimum Gasteiger partial charge on any atom is -0.504 e. The second kappa shape index (κ2) is 7.51. The third-order valence-electron chi connectivity index (χ3n) is 5.14. The average Bonchev–Trinajstić information content (AvgIpc) is 3.16. The van der Waals surface area contributed by atoms with Crippen molar-refractivity contribution in [1.29, 1.82) is 0 Å². The van der Waals surface area contributed by atoms with Crippen LogP contribution in [0.2, 0.25) is 0 Å². The van der Waals surface area contributed by atoms with Gasteiger partial charge in [0.2, 0.25) is 0 Å². The number of benzene rings is 1. The van der Waals surface area contributed by atoms with Gasteiger partial charge in [-0.2, -0.15) is 27.8 Å². The Bertz CT molecular complexity index is 1020. The van der Waals surface area contributed by atoms with E-state index in [4.69, 9.17) is 4.74 Å². The van der Waals surface area contributed by atoms with E-state index in [1.807, 2.05) is 6.07 Å². The highest BCUT2D eigenvalue weighted by molar-refractivity contribution is 5.41. The van der Waals surface area contributed by atoms with Crippen LogP contribution in [-0.2, 0) is 12.7 Å². The van der Waals surface area contributed by atoms with Crippen molar-refractivity contribution >= 4 is 5.78 Å². The lowest BCUT2D eigenvalue weighted by atomic mass is 9.93. The third-order valence-corrected chi connectivity index (χ3v) is 5.14. The quantitative estimate of drug-likeness (QED) is 0.716. The number of likely N-dealkylation sites (tertiary alicyclic amines) is 1. The molecule has 0 radical (unpaired) electrons. The number of aromatic hydroxyl groups is 1. The highest BCUT2D eigenvalue weighted by Gasteiger charge is 2.36. The van der Waals surface area contributed by atoms with Gasteiger partial charge >= 0.3 is 6.18 Å². The van der Waals surface area contributed by atoms with E-state index in [1.54, 1.807) is 12.1 Å². The van der Waals surface area contributed by atoms with Crippen molar-refractivity contribution in [2.45, 2.75) is 31.5 Å². The van der Waals surface area contributed by atoms with Gasteiger partial charge in [0.05, 0.1) is 12.8 Å². The molecule has 1 unspecified atom stereocenters. The topological polar surface area (TPSA) is 75.8 Å². The maximum Gasteiger partial charge on any atom is 0.433 e. The van der Waals surface area contributed by atoms with E-state index < -0.39 is 11.9 Å². The monoisotopic (exact) mass is 407 g/mol. The molecule has 0 amide bonds. The third kappa shape index (κ3) is 3.98. The number of alkyl halides is 3. The lowest BCUT2D eigenvalue weighted by Crippen LogP contribution is -2.34. The molecule has 1 N–H and O–H groups in total. The first-order valence-corrected chi connectivity index (χ1v) is 9.21. The van der Waals surface area contributed by atoms with Crippen molar-refractivity contribution in [2.75, 3.05) is 20.2 Å². The summed E-state index contributed by atoms with van der Waals surface area (Å²) in [6, 6.07) is 6.23. The molecule has 3 heterocycles. The van der Waals surface area contributed by atoms with Gasteiger partial charge in [0, 0.05) is 19.0 Å². The highest BCUT2D eigenvalue weighted by atomic mass is 19.4. The lowest BCUT2D eigenvalue weighted by molar-refractivity contribution is -0.142. The number of methoxy groups -OCH3 is 1. The Morgan fingerprint density at radius 3 is 2.86 bits per heavy atom. The van der Waals surface area contributed by atoms with Crippen LogP contribution in [0.1, 0.15) is 35.7 Å². The molecule has 1 aromatic carbocycles. The van der Waals surface area contributed by atoms with Crippen molar-refractivity contribution in [3.05, 3.63) is 47.5 Å². The fourth-order valence-electron chi connectivity index (χ4n) is 3.76. The average molecular weight is 407 g/mol. The van der Waals surface area contributed by atoms with Crippen molar-refractivity contribution in [3.8, 4) is 11.5 Å². The van der Waals surface area contributed by atoms with E-state index in [0.717, 1.165) is 41.9 Å². The summed E-state index contributed by atoms with van der Waals surface area (Å²) in [5.41, 5.74) is 0.471. The molecule has 0 spiro atoms. The molecule has 1 fully saturated rings. The number of hydrogen-bond acceptors (Lipinski definition) is 6. The van der Waals surface area contributed by atoms with Crippen molar-refractivity contribution < 1.29 is 23.0 Å². The van der Waals surface area contributed by atoms with Crippen molar-refractivity contribution in [1.82, 2.24) is 24.5 Å². The number of nitrogens with zero attached hydrogens (tertiary/aromatic N) is 5. The maximum absolute atomic E-state index is 13.5. The molecule has 10 heteroatoms. The van der Waals surface area contributed by atoms with Gasteiger partial charge < -0.3 is 9.84 Å². The number of hydrogen-bond donors (Lipinski definition) is 1. The lowest BCUT2D eigenvalue weighted by Gasteiger charge is -2.32. The first-order chi connectivity index (χ1) is 13.8. The minimum atomic E-state index is -4.54. The molecule has 29 heavy (non-hydrogen) atoms. The number of rotatable bonds is 4. The molecule has 7 nitrogen and oxygen atoms in total. The van der Waals surface area contributed by atoms with Gasteiger partial charge in [-0.05, 0) is 43.1 Å². The van der Waals surface area contributed by atoms with Gasteiger partial charge in [0.1, 0.15) is 6.33 Å². The Morgan fingerprint density at radius 1 is 1.28 bits per heavy atom. The summed E-state index contributed by atoms with van der Waals surface area (Å²) in [4.78, 5) is 10.3. The number of piperidine rings is 1. The zero-order valence-electron chi connectivity index (χ0n) is 15.7. The number of fused-ring (bicyclic) bond motifs is 1. The normalized spacial score (nSPS) is 18.3. The van der Waals surface area contributed by atoms with Crippen LogP contribution >= 0.6 is 0 Å². The molecular formula is C19H20F3N5O2. The van der Waals surface area contributed by atoms with Gasteiger partial charge in [0.15, 0.2) is 17.2 Å². The second-order valence-electron chi connectivity index (χ2n) is 7.12. The summed E-state index contributed by atoms with van der Waals surface area (Å²) in [5, 5.41) is 13.4. The van der Waals surface area contributed by atoms with Crippen LogP contribution < -0.4 is 4.74 Å². The zero-order valence-corrected chi connectivity index (χ0v) is 15.7. The molecule has 0 saturated carbocycles. The predicted molar refractivity (Wildman–Crippen MR) is 97.7 cm³/mol. The van der Waals surface area contributed by atoms with Crippen LogP contribution in [0.5, 0.6) is 11.5 Å². The fraction of sp³-hybridized carbons (Fsp3) is 0.421. The van der Waals surface area contributed by atoms with E-state index in [1.165, 1.54) is 7.11 Å². The molecule has 4 rings (SSSR count). The molecule has 1 atom stereocenters. The first kappa shape index (κ1) is 19.4. The van der Waals surface area contributed by atoms with Crippen LogP contribution in [0.25, 0.3) is 5.78 Å². The summed E-state index contributed by atoms with van der Waals surface area (Å²) >= 11 is 0. The second-order valence-corrected chi connectivity index (χ2v) is 7.12. The van der Waals surface area contributed by atoms with E-state index in [2.05, 4.69) is 20.0 Å². The number of aromatic nitrogens is 4. The molecule has 1 aliphatic heterocycles. The molecule has 3 aromatic rings. The summed E-state index contributed by atoms with van der Waals surface area (Å²) < 4.78 is 46.2. The van der Waals surface area contributed by atoms with Crippen LogP contribution in [-0.4, -0.2) is 49.8 Å². The van der Waals surface area contributed by atoms with Crippen molar-refractivity contribution in [3.63, 3.8) is 0 Å². The number of phenolic OH excluding ortho intramolecular Hbond substituents is 1. The van der Waals surface area contributed by atoms with E-state index >= 15 is 0 Å². The summed E-state index contributed by atoms with van der Waals surface area (Å²) in [5.74, 6) is 0.281. The number of ether oxygens (including phenoxy) is 1. The first-order valence-electron chi connectivity index (χ1n) is 9.21. The van der Waals surface area contributed by atoms with Crippen LogP contribution in [0.4, 0.5) is 13.2 Å². The highest BCUT2D eigenvalue weighted by Crippen LogP contribution is 2.34. The van der Waals surface area contributed by atoms with Crippen LogP contribution in [0.3, 0.4) is 0 Å². The Morgan fingerprint density at radius 2 is 2.10 bits per heavy atom. The summed E-state index contributed by atoms with van der Waals surface area (Å²) in [7, 11) is 1.49. The number of phenols is 1. The fourth-order valence-corrected chi connectivity index (χ4v) is 3.76. The van der Waals surface area contributed by atoms with Gasteiger partial charge in [0.25, 0.3) is 5.78 Å². The van der Waals surface area contributed by atoms with E-state index in [-0.39, 0.29) is 17.4 Å². The SMILES string of the molecule is COc1cc(CN2CCCC(c3cc(C(F)(F)F)n4ncnc4n3)C2)ccc1O. The number of halogens is 3. The zero-order chi connectivity index (χ0) is 20.6. The Hall–Kier alpha value is -2.88. The molecule has 0 bridgehead atoms. The van der Waals surface area contributed by atoms with Crippen molar-refractivity contribution in [2.24, 2.45) is 0 Å². The van der Waals surface area contributed by atoms with E-state index in [9.17, 15) is 18.3 Å². The molecule has 0 aliphatic carbocycles. The largest absolute Gasteiger partial charge is 0.504 e. The summed E-state index contributed by atoms with van der Waals surface area (Å²) in [6.45, 7) is 2.02. The molecule has 1 saturated heterocycles. The molecular weight excluding hydrogens is 387 g/mol. The van der Waals surface area contributed by atoms with E-state index in [0.29, 0.717) is 24.5 Å². The smallest absolute Gasteiger partial charge is 0.433 e. The molecule has 1 aliphatic rings. The molecule has 2 aromatic heterocycles. The Labute approximate surface area is 164 Å². The Balaban J connectivity index is 1.57. The summed E-state index contributed by atoms with van der Waals surface area (Å²) in [6.07, 6.45) is -1.86. The van der Waals surface area contributed by atoms with Gasteiger partial charge in [-0.3, -0.25) is 4.90 Å². The van der Waals surface area contributed by atoms with Crippen LogP contribution in [0.15, 0.2) is 30.6 Å². The van der Waals surface area contributed by atoms with Gasteiger partial charge in [-0.25, -0.2) is 4.98 Å². The predicted octanol–water partition coefficient (Wildman–Crippen LogP) is 3.24. The van der Waals surface area contributed by atoms with Crippen LogP contribution in [0, 0.1) is 0 Å².